The van der Waals surface area contributed by atoms with Crippen LogP contribution in [0, 0.1) is 19.8 Å². The number of hydrogen-bond acceptors (Lipinski definition) is 3. The lowest BCUT2D eigenvalue weighted by molar-refractivity contribution is -0.642. The molecule has 2 unspecified atom stereocenters. The molecule has 4 heteroatoms. The molecule has 1 fully saturated rings. The summed E-state index contributed by atoms with van der Waals surface area (Å²) in [5, 5.41) is 2.72. The Morgan fingerprint density at radius 1 is 0.944 bits per heavy atom. The first-order chi connectivity index (χ1) is 17.4. The van der Waals surface area contributed by atoms with E-state index in [1.54, 1.807) is 5.57 Å². The summed E-state index contributed by atoms with van der Waals surface area (Å²) < 4.78 is 3.74. The Labute approximate surface area is 223 Å². The molecule has 0 amide bonds. The van der Waals surface area contributed by atoms with Gasteiger partial charge in [-0.25, -0.2) is 0 Å². The van der Waals surface area contributed by atoms with E-state index in [9.17, 15) is 0 Å². The number of thiazole rings is 1. The summed E-state index contributed by atoms with van der Waals surface area (Å²) in [5.74, 6) is 1.08. The fraction of sp³-hybridized carbons (Fsp3) is 0.281. The van der Waals surface area contributed by atoms with E-state index in [1.165, 1.54) is 53.9 Å². The molecule has 1 aromatic heterocycles. The molecule has 2 atom stereocenters. The lowest BCUT2D eigenvalue weighted by Gasteiger charge is -2.30. The Balaban J connectivity index is 1.35. The number of allylic oxidation sites excluding steroid dienone is 2. The molecule has 4 aromatic rings. The van der Waals surface area contributed by atoms with E-state index >= 15 is 0 Å². The number of rotatable bonds is 3. The van der Waals surface area contributed by atoms with Gasteiger partial charge in [-0.3, -0.25) is 0 Å². The molecule has 1 aliphatic carbocycles. The van der Waals surface area contributed by atoms with Gasteiger partial charge in [0.1, 0.15) is 11.7 Å². The normalized spacial score (nSPS) is 22.1. The van der Waals surface area contributed by atoms with E-state index in [1.807, 2.05) is 23.1 Å². The molecular formula is C32H33N2S2+. The van der Waals surface area contributed by atoms with Crippen LogP contribution in [0.1, 0.15) is 46.9 Å². The zero-order chi connectivity index (χ0) is 24.8. The standard InChI is InChI=1S/C32H33N2S2/c1-21-10-12-27-29(14-21)35-31(33(27)3)19-23-16-24(18-26(17-23)25-8-6-5-7-9-25)20-32-34(4)28-13-11-22(2)15-30(28)36-32/h5-15,19-20,23,26H,16-18H2,1-4H3/q+1. The van der Waals surface area contributed by atoms with Gasteiger partial charge in [-0.1, -0.05) is 77.2 Å². The Morgan fingerprint density at radius 2 is 1.72 bits per heavy atom. The zero-order valence-corrected chi connectivity index (χ0v) is 23.1. The summed E-state index contributed by atoms with van der Waals surface area (Å²) in [7, 11) is 4.42. The Bertz CT molecular complexity index is 1500. The van der Waals surface area contributed by atoms with Crippen LogP contribution >= 0.6 is 23.1 Å². The molecule has 2 nitrogen and oxygen atoms in total. The van der Waals surface area contributed by atoms with Gasteiger partial charge < -0.3 is 4.90 Å². The van der Waals surface area contributed by atoms with Gasteiger partial charge in [-0.15, -0.1) is 0 Å². The van der Waals surface area contributed by atoms with Crippen molar-refractivity contribution in [3.63, 3.8) is 0 Å². The van der Waals surface area contributed by atoms with Gasteiger partial charge in [0.2, 0.25) is 5.52 Å². The summed E-state index contributed by atoms with van der Waals surface area (Å²) in [6, 6.07) is 24.7. The van der Waals surface area contributed by atoms with Crippen LogP contribution in [0.3, 0.4) is 0 Å². The van der Waals surface area contributed by atoms with Crippen molar-refractivity contribution in [3.8, 4) is 0 Å². The molecule has 182 valence electrons. The van der Waals surface area contributed by atoms with E-state index < -0.39 is 0 Å². The number of aryl methyl sites for hydroxylation is 3. The van der Waals surface area contributed by atoms with Crippen LogP contribution in [0.5, 0.6) is 0 Å². The second-order valence-corrected chi connectivity index (χ2v) is 12.5. The maximum Gasteiger partial charge on any atom is 0.262 e. The molecule has 0 N–H and O–H groups in total. The number of nitrogens with zero attached hydrogens (tertiary/aromatic N) is 2. The topological polar surface area (TPSA) is 7.12 Å². The summed E-state index contributed by atoms with van der Waals surface area (Å²) in [5.41, 5.74) is 8.34. The summed E-state index contributed by atoms with van der Waals surface area (Å²) in [6.45, 7) is 4.36. The molecule has 2 aliphatic rings. The van der Waals surface area contributed by atoms with Crippen molar-refractivity contribution in [1.29, 1.82) is 0 Å². The van der Waals surface area contributed by atoms with Crippen LogP contribution in [-0.4, -0.2) is 7.05 Å². The molecule has 6 rings (SSSR count). The van der Waals surface area contributed by atoms with Crippen LogP contribution in [0.2, 0.25) is 0 Å². The van der Waals surface area contributed by atoms with Gasteiger partial charge in [-0.2, -0.15) is 4.57 Å². The van der Waals surface area contributed by atoms with E-state index in [0.717, 1.165) is 12.8 Å². The van der Waals surface area contributed by atoms with Crippen molar-refractivity contribution in [1.82, 2.24) is 0 Å². The highest BCUT2D eigenvalue weighted by molar-refractivity contribution is 8.03. The fourth-order valence-electron chi connectivity index (χ4n) is 5.70. The average Bonchev–Trinajstić information content (AvgIpc) is 3.34. The zero-order valence-electron chi connectivity index (χ0n) is 21.5. The molecule has 0 spiro atoms. The first-order valence-corrected chi connectivity index (χ1v) is 14.5. The van der Waals surface area contributed by atoms with Crippen molar-refractivity contribution in [2.75, 3.05) is 11.9 Å². The molecule has 3 aromatic carbocycles. The molecule has 36 heavy (non-hydrogen) atoms. The van der Waals surface area contributed by atoms with E-state index in [4.69, 9.17) is 0 Å². The third-order valence-electron chi connectivity index (χ3n) is 7.64. The van der Waals surface area contributed by atoms with Crippen LogP contribution in [0.25, 0.3) is 16.3 Å². The van der Waals surface area contributed by atoms with Gasteiger partial charge in [-0.05, 0) is 79.8 Å². The maximum atomic E-state index is 2.55. The van der Waals surface area contributed by atoms with E-state index in [-0.39, 0.29) is 0 Å². The minimum absolute atomic E-state index is 0.525. The van der Waals surface area contributed by atoms with Crippen LogP contribution in [0.4, 0.5) is 5.69 Å². The number of fused-ring (bicyclic) bond motifs is 2. The number of thioether (sulfide) groups is 1. The SMILES string of the molecule is Cc1ccc2c(c1)SC(=CC1CC(=Cc3sc4cc(C)ccc4[n+]3C)CC(c3ccccc3)C1)N2C. The van der Waals surface area contributed by atoms with Crippen LogP contribution in [-0.2, 0) is 7.05 Å². The van der Waals surface area contributed by atoms with Crippen molar-refractivity contribution >= 4 is 45.1 Å². The average molecular weight is 510 g/mol. The first-order valence-electron chi connectivity index (χ1n) is 12.8. The maximum absolute atomic E-state index is 2.55. The molecular weight excluding hydrogens is 477 g/mol. The molecule has 0 saturated heterocycles. The Kier molecular flexibility index (Phi) is 6.27. The summed E-state index contributed by atoms with van der Waals surface area (Å²) in [4.78, 5) is 3.76. The lowest BCUT2D eigenvalue weighted by atomic mass is 9.75. The number of aromatic nitrogens is 1. The quantitative estimate of drug-likeness (QED) is 0.256. The van der Waals surface area contributed by atoms with E-state index in [0.29, 0.717) is 11.8 Å². The molecule has 2 heterocycles. The van der Waals surface area contributed by atoms with Crippen molar-refractivity contribution in [2.24, 2.45) is 13.0 Å². The third kappa shape index (κ3) is 4.53. The van der Waals surface area contributed by atoms with Gasteiger partial charge in [0.05, 0.1) is 10.7 Å². The molecule has 0 radical (unpaired) electrons. The molecule has 1 saturated carbocycles. The Hall–Kier alpha value is -2.82. The van der Waals surface area contributed by atoms with Gasteiger partial charge in [0.15, 0.2) is 0 Å². The van der Waals surface area contributed by atoms with Gasteiger partial charge in [0, 0.05) is 24.1 Å². The first kappa shape index (κ1) is 23.6. The second-order valence-electron chi connectivity index (χ2n) is 10.4. The summed E-state index contributed by atoms with van der Waals surface area (Å²) in [6.07, 6.45) is 8.51. The number of anilines is 1. The van der Waals surface area contributed by atoms with Crippen LogP contribution in [0.15, 0.2) is 88.3 Å². The summed E-state index contributed by atoms with van der Waals surface area (Å²) >= 11 is 3.84. The second kappa shape index (κ2) is 9.57. The minimum atomic E-state index is 0.525. The predicted octanol–water partition coefficient (Wildman–Crippen LogP) is 8.39. The minimum Gasteiger partial charge on any atom is -0.338 e. The predicted molar refractivity (Wildman–Crippen MR) is 156 cm³/mol. The lowest BCUT2D eigenvalue weighted by Crippen LogP contribution is -2.29. The number of benzene rings is 3. The van der Waals surface area contributed by atoms with Crippen molar-refractivity contribution < 1.29 is 4.57 Å². The highest BCUT2D eigenvalue weighted by Crippen LogP contribution is 2.48. The highest BCUT2D eigenvalue weighted by Gasteiger charge is 2.29. The van der Waals surface area contributed by atoms with Crippen LogP contribution < -0.4 is 9.47 Å². The van der Waals surface area contributed by atoms with Crippen molar-refractivity contribution in [2.45, 2.75) is 43.9 Å². The third-order valence-corrected chi connectivity index (χ3v) is 9.95. The van der Waals surface area contributed by atoms with Gasteiger partial charge >= 0.3 is 0 Å². The highest BCUT2D eigenvalue weighted by atomic mass is 32.2. The number of hydrogen-bond donors (Lipinski definition) is 0. The van der Waals surface area contributed by atoms with Gasteiger partial charge in [0.25, 0.3) is 5.01 Å². The van der Waals surface area contributed by atoms with E-state index in [2.05, 4.69) is 116 Å². The smallest absolute Gasteiger partial charge is 0.262 e. The Morgan fingerprint density at radius 3 is 2.56 bits per heavy atom. The van der Waals surface area contributed by atoms with Crippen molar-refractivity contribution in [3.05, 3.63) is 105 Å². The fourth-order valence-corrected chi connectivity index (χ4v) is 8.22. The molecule has 1 aliphatic heterocycles. The molecule has 0 bridgehead atoms. The largest absolute Gasteiger partial charge is 0.338 e. The monoisotopic (exact) mass is 509 g/mol.